The Kier molecular flexibility index (Phi) is 4.04. The van der Waals surface area contributed by atoms with Crippen LogP contribution in [0.2, 0.25) is 0 Å². The van der Waals surface area contributed by atoms with Crippen LogP contribution in [0.5, 0.6) is 0 Å². The molecule has 0 atom stereocenters. The van der Waals surface area contributed by atoms with Crippen molar-refractivity contribution in [1.29, 1.82) is 0 Å². The Labute approximate surface area is 93.8 Å². The van der Waals surface area contributed by atoms with Gasteiger partial charge in [0, 0.05) is 25.8 Å². The molecular formula is C13H25NO. The van der Waals surface area contributed by atoms with Crippen molar-refractivity contribution in [3.63, 3.8) is 0 Å². The molecule has 1 aliphatic heterocycles. The molecule has 2 heteroatoms. The van der Waals surface area contributed by atoms with E-state index < -0.39 is 0 Å². The van der Waals surface area contributed by atoms with E-state index in [0.717, 1.165) is 19.3 Å². The number of ether oxygens (including phenoxy) is 1. The number of nitrogens with one attached hydrogen (secondary N) is 1. The first-order valence-corrected chi connectivity index (χ1v) is 6.66. The van der Waals surface area contributed by atoms with Crippen molar-refractivity contribution in [2.45, 2.75) is 57.9 Å². The van der Waals surface area contributed by atoms with Crippen LogP contribution in [0.3, 0.4) is 0 Å². The van der Waals surface area contributed by atoms with Gasteiger partial charge in [0.05, 0.1) is 0 Å². The fraction of sp³-hybridized carbons (Fsp3) is 1.00. The van der Waals surface area contributed by atoms with Gasteiger partial charge in [-0.25, -0.2) is 0 Å². The first-order chi connectivity index (χ1) is 7.35. The third-order valence-corrected chi connectivity index (χ3v) is 3.96. The molecule has 1 aliphatic carbocycles. The van der Waals surface area contributed by atoms with E-state index in [1.54, 1.807) is 0 Å². The van der Waals surface area contributed by atoms with E-state index in [-0.39, 0.29) is 0 Å². The smallest absolute Gasteiger partial charge is 0.0471 e. The van der Waals surface area contributed by atoms with Gasteiger partial charge in [0.2, 0.25) is 0 Å². The summed E-state index contributed by atoms with van der Waals surface area (Å²) >= 11 is 0. The van der Waals surface area contributed by atoms with E-state index in [1.807, 2.05) is 0 Å². The Balaban J connectivity index is 1.80. The molecule has 0 aromatic rings. The van der Waals surface area contributed by atoms with Crippen LogP contribution in [0.15, 0.2) is 0 Å². The lowest BCUT2D eigenvalue weighted by atomic mass is 9.76. The molecule has 0 spiro atoms. The summed E-state index contributed by atoms with van der Waals surface area (Å²) in [4.78, 5) is 0. The largest absolute Gasteiger partial charge is 0.381 e. The number of hydrogen-bond acceptors (Lipinski definition) is 2. The summed E-state index contributed by atoms with van der Waals surface area (Å²) in [6.45, 7) is 5.49. The van der Waals surface area contributed by atoms with Gasteiger partial charge in [-0.1, -0.05) is 19.8 Å². The molecule has 15 heavy (non-hydrogen) atoms. The van der Waals surface area contributed by atoms with E-state index in [2.05, 4.69) is 12.2 Å². The second-order valence-corrected chi connectivity index (χ2v) is 5.37. The highest BCUT2D eigenvalue weighted by Gasteiger charge is 2.33. The molecule has 1 N–H and O–H groups in total. The van der Waals surface area contributed by atoms with E-state index in [4.69, 9.17) is 4.74 Å². The maximum absolute atomic E-state index is 5.50. The minimum Gasteiger partial charge on any atom is -0.381 e. The highest BCUT2D eigenvalue weighted by molar-refractivity contribution is 4.89. The summed E-state index contributed by atoms with van der Waals surface area (Å²) in [5.74, 6) is 0. The van der Waals surface area contributed by atoms with Gasteiger partial charge in [0.1, 0.15) is 0 Å². The first-order valence-electron chi connectivity index (χ1n) is 6.66. The maximum atomic E-state index is 5.50. The zero-order valence-corrected chi connectivity index (χ0v) is 10.1. The summed E-state index contributed by atoms with van der Waals surface area (Å²) < 4.78 is 5.50. The molecular weight excluding hydrogens is 186 g/mol. The van der Waals surface area contributed by atoms with Gasteiger partial charge in [0.15, 0.2) is 0 Å². The van der Waals surface area contributed by atoms with Gasteiger partial charge in [-0.15, -0.1) is 0 Å². The predicted molar refractivity (Wildman–Crippen MR) is 63.0 cm³/mol. The average Bonchev–Trinajstić information content (AvgIpc) is 3.09. The first kappa shape index (κ1) is 11.4. The Morgan fingerprint density at radius 2 is 2.00 bits per heavy atom. The predicted octanol–water partition coefficient (Wildman–Crippen LogP) is 2.73. The molecule has 0 aromatic carbocycles. The zero-order valence-electron chi connectivity index (χ0n) is 10.1. The highest BCUT2D eigenvalue weighted by Crippen LogP contribution is 2.36. The van der Waals surface area contributed by atoms with E-state index >= 15 is 0 Å². The number of rotatable bonds is 6. The second kappa shape index (κ2) is 5.31. The normalized spacial score (nSPS) is 25.4. The van der Waals surface area contributed by atoms with Crippen LogP contribution in [0.1, 0.15) is 51.9 Å². The van der Waals surface area contributed by atoms with Gasteiger partial charge < -0.3 is 10.1 Å². The average molecular weight is 211 g/mol. The quantitative estimate of drug-likeness (QED) is 0.729. The zero-order chi connectivity index (χ0) is 10.6. The minimum absolute atomic E-state index is 0.566. The van der Waals surface area contributed by atoms with Crippen molar-refractivity contribution in [2.24, 2.45) is 5.41 Å². The molecule has 88 valence electrons. The van der Waals surface area contributed by atoms with Gasteiger partial charge in [0.25, 0.3) is 0 Å². The fourth-order valence-corrected chi connectivity index (χ4v) is 2.52. The summed E-state index contributed by atoms with van der Waals surface area (Å²) in [5, 5.41) is 3.72. The number of unbranched alkanes of at least 4 members (excludes halogenated alkanes) is 1. The van der Waals surface area contributed by atoms with E-state index in [1.165, 1.54) is 51.5 Å². The van der Waals surface area contributed by atoms with Crippen molar-refractivity contribution < 1.29 is 4.74 Å². The van der Waals surface area contributed by atoms with Crippen LogP contribution in [0, 0.1) is 5.41 Å². The third-order valence-electron chi connectivity index (χ3n) is 3.96. The second-order valence-electron chi connectivity index (χ2n) is 5.37. The lowest BCUT2D eigenvalue weighted by Crippen LogP contribution is -2.40. The molecule has 0 amide bonds. The van der Waals surface area contributed by atoms with Crippen molar-refractivity contribution in [2.75, 3.05) is 19.8 Å². The summed E-state index contributed by atoms with van der Waals surface area (Å²) in [6, 6.07) is 0.853. The summed E-state index contributed by atoms with van der Waals surface area (Å²) in [5.41, 5.74) is 0.566. The van der Waals surface area contributed by atoms with Gasteiger partial charge in [-0.05, 0) is 37.5 Å². The maximum Gasteiger partial charge on any atom is 0.0471 e. The Hall–Kier alpha value is -0.0800. The SMILES string of the molecule is CCCCC1(CNC2CC2)CCOCC1. The summed E-state index contributed by atoms with van der Waals surface area (Å²) in [6.07, 6.45) is 9.45. The van der Waals surface area contributed by atoms with Crippen molar-refractivity contribution in [3.05, 3.63) is 0 Å². The van der Waals surface area contributed by atoms with Crippen LogP contribution in [-0.4, -0.2) is 25.8 Å². The Bertz CT molecular complexity index is 183. The van der Waals surface area contributed by atoms with Crippen LogP contribution in [0.4, 0.5) is 0 Å². The minimum atomic E-state index is 0.566. The molecule has 0 unspecified atom stereocenters. The topological polar surface area (TPSA) is 21.3 Å². The molecule has 2 fully saturated rings. The third kappa shape index (κ3) is 3.46. The van der Waals surface area contributed by atoms with Gasteiger partial charge >= 0.3 is 0 Å². The van der Waals surface area contributed by atoms with Crippen molar-refractivity contribution in [3.8, 4) is 0 Å². The number of hydrogen-bond donors (Lipinski definition) is 1. The molecule has 1 heterocycles. The molecule has 0 radical (unpaired) electrons. The molecule has 1 saturated carbocycles. The molecule has 1 saturated heterocycles. The summed E-state index contributed by atoms with van der Waals surface area (Å²) in [7, 11) is 0. The van der Waals surface area contributed by atoms with Crippen molar-refractivity contribution >= 4 is 0 Å². The van der Waals surface area contributed by atoms with Gasteiger partial charge in [-0.2, -0.15) is 0 Å². The molecule has 2 aliphatic rings. The fourth-order valence-electron chi connectivity index (χ4n) is 2.52. The van der Waals surface area contributed by atoms with Gasteiger partial charge in [-0.3, -0.25) is 0 Å². The van der Waals surface area contributed by atoms with E-state index in [0.29, 0.717) is 5.41 Å². The monoisotopic (exact) mass is 211 g/mol. The van der Waals surface area contributed by atoms with Crippen LogP contribution < -0.4 is 5.32 Å². The Morgan fingerprint density at radius 1 is 1.27 bits per heavy atom. The molecule has 2 rings (SSSR count). The standard InChI is InChI=1S/C13H25NO/c1-2-3-6-13(7-9-15-10-8-13)11-14-12-4-5-12/h12,14H,2-11H2,1H3. The molecule has 0 bridgehead atoms. The van der Waals surface area contributed by atoms with Crippen LogP contribution in [-0.2, 0) is 4.74 Å². The lowest BCUT2D eigenvalue weighted by Gasteiger charge is -2.37. The lowest BCUT2D eigenvalue weighted by molar-refractivity contribution is 0.00917. The highest BCUT2D eigenvalue weighted by atomic mass is 16.5. The van der Waals surface area contributed by atoms with Crippen molar-refractivity contribution in [1.82, 2.24) is 5.32 Å². The Morgan fingerprint density at radius 3 is 2.60 bits per heavy atom. The van der Waals surface area contributed by atoms with Crippen LogP contribution in [0.25, 0.3) is 0 Å². The molecule has 2 nitrogen and oxygen atoms in total. The molecule has 0 aromatic heterocycles. The van der Waals surface area contributed by atoms with Crippen LogP contribution >= 0.6 is 0 Å². The van der Waals surface area contributed by atoms with E-state index in [9.17, 15) is 0 Å².